The molecule has 40 heavy (non-hydrogen) atoms. The van der Waals surface area contributed by atoms with E-state index in [1.165, 1.54) is 6.07 Å². The maximum Gasteiger partial charge on any atom is 0.264 e. The van der Waals surface area contributed by atoms with Gasteiger partial charge in [0.2, 0.25) is 11.9 Å². The average Bonchev–Trinajstić information content (AvgIpc) is 2.94. The van der Waals surface area contributed by atoms with Crippen molar-refractivity contribution in [3.63, 3.8) is 0 Å². The molecule has 3 aromatic carbocycles. The normalized spacial score (nSPS) is 13.0. The summed E-state index contributed by atoms with van der Waals surface area (Å²) in [5.74, 6) is 0.224. The van der Waals surface area contributed by atoms with Crippen LogP contribution in [0.25, 0.3) is 0 Å². The summed E-state index contributed by atoms with van der Waals surface area (Å²) in [7, 11) is -2.36. The van der Waals surface area contributed by atoms with Gasteiger partial charge in [0.15, 0.2) is 0 Å². The van der Waals surface area contributed by atoms with Crippen LogP contribution in [0.2, 0.25) is 0 Å². The number of hydrogen-bond donors (Lipinski definition) is 3. The van der Waals surface area contributed by atoms with Crippen molar-refractivity contribution in [3.05, 3.63) is 95.2 Å². The topological polar surface area (TPSA) is 133 Å². The van der Waals surface area contributed by atoms with E-state index in [1.54, 1.807) is 67.5 Å². The molecule has 0 aliphatic carbocycles. The highest BCUT2D eigenvalue weighted by Crippen LogP contribution is 2.31. The summed E-state index contributed by atoms with van der Waals surface area (Å²) in [5.41, 5.74) is 4.77. The zero-order valence-corrected chi connectivity index (χ0v) is 23.0. The fraction of sp³-hybridized carbons (Fsp3) is 0.172. The molecule has 0 atom stereocenters. The lowest BCUT2D eigenvalue weighted by Gasteiger charge is -2.26. The minimum Gasteiger partial charge on any atom is -0.340 e. The third-order valence-electron chi connectivity index (χ3n) is 6.65. The number of rotatable bonds is 7. The molecule has 5 rings (SSSR count). The van der Waals surface area contributed by atoms with Crippen LogP contribution in [-0.4, -0.2) is 37.2 Å². The Balaban J connectivity index is 1.35. The third kappa shape index (κ3) is 5.64. The average molecular weight is 557 g/mol. The first kappa shape index (κ1) is 26.8. The molecule has 1 aliphatic heterocycles. The largest absolute Gasteiger partial charge is 0.340 e. The highest BCUT2D eigenvalue weighted by Gasteiger charge is 2.22. The van der Waals surface area contributed by atoms with Crippen LogP contribution in [0.1, 0.15) is 33.5 Å². The number of carbonyl (C=O) groups excluding carboxylic acids is 2. The molecule has 2 heterocycles. The van der Waals surface area contributed by atoms with E-state index < -0.39 is 15.9 Å². The lowest BCUT2D eigenvalue weighted by atomic mass is 10.0. The molecule has 0 unspecified atom stereocenters. The van der Waals surface area contributed by atoms with E-state index in [0.29, 0.717) is 29.9 Å². The van der Waals surface area contributed by atoms with Crippen LogP contribution in [0.15, 0.2) is 77.8 Å². The van der Waals surface area contributed by atoms with Gasteiger partial charge in [-0.1, -0.05) is 24.3 Å². The number of fused-ring (bicyclic) bond motifs is 1. The second kappa shape index (κ2) is 10.8. The van der Waals surface area contributed by atoms with Crippen molar-refractivity contribution in [1.29, 1.82) is 0 Å². The Kier molecular flexibility index (Phi) is 7.22. The van der Waals surface area contributed by atoms with Crippen molar-refractivity contribution in [3.8, 4) is 0 Å². The van der Waals surface area contributed by atoms with E-state index in [2.05, 4.69) is 25.3 Å². The second-order valence-corrected chi connectivity index (χ2v) is 11.2. The van der Waals surface area contributed by atoms with Crippen molar-refractivity contribution in [2.24, 2.45) is 0 Å². The molecule has 1 aromatic heterocycles. The number of benzene rings is 3. The molecule has 1 aliphatic rings. The highest BCUT2D eigenvalue weighted by atomic mass is 32.2. The van der Waals surface area contributed by atoms with Gasteiger partial charge in [0.05, 0.1) is 4.90 Å². The standard InChI is InChI=1S/C29H28N6O4S/c1-18-9-11-23(16-25(18)40(38,39)34-28(37)20-7-5-4-6-8-20)32-29-30-17-19(2)27(33-29)31-22-12-13-24-21(15-22)10-14-26(36)35(24)3/h4-9,11-13,15-17H,10,14H2,1-3H3,(H,34,37)(H2,30,31,32,33). The number of anilines is 5. The SMILES string of the molecule is Cc1ccc(Nc2ncc(C)c(Nc3ccc4c(c3)CCC(=O)N4C)n2)cc1S(=O)(=O)NC(=O)c1ccccc1. The van der Waals surface area contributed by atoms with E-state index in [9.17, 15) is 18.0 Å². The zero-order valence-electron chi connectivity index (χ0n) is 22.2. The number of carbonyl (C=O) groups is 2. The predicted molar refractivity (Wildman–Crippen MR) is 154 cm³/mol. The van der Waals surface area contributed by atoms with Crippen LogP contribution in [0.5, 0.6) is 0 Å². The molecule has 0 saturated heterocycles. The van der Waals surface area contributed by atoms with E-state index in [-0.39, 0.29) is 22.3 Å². The van der Waals surface area contributed by atoms with Gasteiger partial charge in [0.1, 0.15) is 5.82 Å². The van der Waals surface area contributed by atoms with Crippen molar-refractivity contribution >= 4 is 50.7 Å². The van der Waals surface area contributed by atoms with Gasteiger partial charge in [-0.2, -0.15) is 4.98 Å². The Morgan fingerprint density at radius 1 is 0.900 bits per heavy atom. The van der Waals surface area contributed by atoms with Crippen LogP contribution < -0.4 is 20.3 Å². The maximum absolute atomic E-state index is 13.1. The van der Waals surface area contributed by atoms with Gasteiger partial charge in [-0.05, 0) is 73.9 Å². The lowest BCUT2D eigenvalue weighted by Crippen LogP contribution is -2.31. The van der Waals surface area contributed by atoms with Crippen LogP contribution in [0, 0.1) is 13.8 Å². The number of hydrogen-bond acceptors (Lipinski definition) is 8. The number of nitrogens with zero attached hydrogens (tertiary/aromatic N) is 3. The third-order valence-corrected chi connectivity index (χ3v) is 8.13. The Morgan fingerprint density at radius 3 is 2.40 bits per heavy atom. The number of nitrogens with one attached hydrogen (secondary N) is 3. The molecule has 0 radical (unpaired) electrons. The van der Waals surface area contributed by atoms with Crippen LogP contribution in [0.3, 0.4) is 0 Å². The summed E-state index contributed by atoms with van der Waals surface area (Å²) in [6.07, 6.45) is 2.81. The Bertz CT molecular complexity index is 1720. The second-order valence-electron chi connectivity index (χ2n) is 9.55. The summed E-state index contributed by atoms with van der Waals surface area (Å²) >= 11 is 0. The quantitative estimate of drug-likeness (QED) is 0.301. The first-order chi connectivity index (χ1) is 19.1. The molecule has 4 aromatic rings. The molecule has 2 amide bonds. The maximum atomic E-state index is 13.1. The van der Waals surface area contributed by atoms with E-state index in [4.69, 9.17) is 0 Å². The van der Waals surface area contributed by atoms with Crippen molar-refractivity contribution in [2.75, 3.05) is 22.6 Å². The first-order valence-electron chi connectivity index (χ1n) is 12.6. The number of aromatic nitrogens is 2. The van der Waals surface area contributed by atoms with Crippen molar-refractivity contribution in [2.45, 2.75) is 31.6 Å². The van der Waals surface area contributed by atoms with Gasteiger partial charge in [0, 0.05) is 47.9 Å². The number of aryl methyl sites for hydroxylation is 3. The van der Waals surface area contributed by atoms with Gasteiger partial charge >= 0.3 is 0 Å². The molecule has 0 spiro atoms. The highest BCUT2D eigenvalue weighted by molar-refractivity contribution is 7.90. The van der Waals surface area contributed by atoms with Gasteiger partial charge in [-0.15, -0.1) is 0 Å². The molecule has 204 valence electrons. The van der Waals surface area contributed by atoms with Crippen LogP contribution in [-0.2, 0) is 21.2 Å². The van der Waals surface area contributed by atoms with E-state index in [0.717, 1.165) is 22.5 Å². The fourth-order valence-corrected chi connectivity index (χ4v) is 5.67. The molecule has 3 N–H and O–H groups in total. The summed E-state index contributed by atoms with van der Waals surface area (Å²) in [6, 6.07) is 18.8. The number of amides is 2. The summed E-state index contributed by atoms with van der Waals surface area (Å²) in [6.45, 7) is 3.53. The minimum absolute atomic E-state index is 0.0373. The van der Waals surface area contributed by atoms with Crippen LogP contribution >= 0.6 is 0 Å². The van der Waals surface area contributed by atoms with Gasteiger partial charge in [-0.25, -0.2) is 18.1 Å². The summed E-state index contributed by atoms with van der Waals surface area (Å²) in [4.78, 5) is 35.1. The fourth-order valence-electron chi connectivity index (χ4n) is 4.42. The molecule has 10 nitrogen and oxygen atoms in total. The minimum atomic E-state index is -4.14. The summed E-state index contributed by atoms with van der Waals surface area (Å²) in [5, 5.41) is 6.38. The van der Waals surface area contributed by atoms with Gasteiger partial charge in [-0.3, -0.25) is 9.59 Å². The predicted octanol–water partition coefficient (Wildman–Crippen LogP) is 4.61. The van der Waals surface area contributed by atoms with E-state index in [1.807, 2.05) is 25.1 Å². The smallest absolute Gasteiger partial charge is 0.264 e. The molecular formula is C29H28N6O4S. The Hall–Kier alpha value is -4.77. The first-order valence-corrected chi connectivity index (χ1v) is 14.1. The van der Waals surface area contributed by atoms with Crippen molar-refractivity contribution < 1.29 is 18.0 Å². The van der Waals surface area contributed by atoms with Crippen molar-refractivity contribution in [1.82, 2.24) is 14.7 Å². The zero-order chi connectivity index (χ0) is 28.4. The van der Waals surface area contributed by atoms with Gasteiger partial charge < -0.3 is 15.5 Å². The van der Waals surface area contributed by atoms with Crippen LogP contribution in [0.4, 0.5) is 28.8 Å². The molecule has 0 bridgehead atoms. The Morgan fingerprint density at radius 2 is 1.62 bits per heavy atom. The lowest BCUT2D eigenvalue weighted by molar-refractivity contribution is -0.118. The van der Waals surface area contributed by atoms with E-state index >= 15 is 0 Å². The molecule has 0 saturated carbocycles. The monoisotopic (exact) mass is 556 g/mol. The van der Waals surface area contributed by atoms with Gasteiger partial charge in [0.25, 0.3) is 15.9 Å². The summed E-state index contributed by atoms with van der Waals surface area (Å²) < 4.78 is 28.3. The Labute approximate surface area is 232 Å². The molecule has 11 heteroatoms. The number of sulfonamides is 1. The molecular weight excluding hydrogens is 528 g/mol. The molecule has 0 fully saturated rings.